The average Bonchev–Trinajstić information content (AvgIpc) is 3.73. The molecule has 2 aromatic rings. The van der Waals surface area contributed by atoms with E-state index in [1.807, 2.05) is 54.3 Å². The van der Waals surface area contributed by atoms with Crippen molar-refractivity contribution in [3.63, 3.8) is 0 Å². The van der Waals surface area contributed by atoms with Crippen LogP contribution in [0, 0.1) is 0 Å². The van der Waals surface area contributed by atoms with Crippen molar-refractivity contribution >= 4 is 23.8 Å². The maximum absolute atomic E-state index is 13.1. The Morgan fingerprint density at radius 2 is 1.94 bits per heavy atom. The zero-order valence-corrected chi connectivity index (χ0v) is 27.1. The molecule has 5 aliphatic rings. The van der Waals surface area contributed by atoms with E-state index < -0.39 is 12.0 Å². The van der Waals surface area contributed by atoms with Crippen LogP contribution in [0.4, 0.5) is 24.7 Å². The smallest absolute Gasteiger partial charge is 0.451 e. The quantitative estimate of drug-likeness (QED) is 0.257. The highest BCUT2D eigenvalue weighted by atomic mass is 19.4. The van der Waals surface area contributed by atoms with Gasteiger partial charge in [0.25, 0.3) is 5.56 Å². The van der Waals surface area contributed by atoms with Gasteiger partial charge in [-0.05, 0) is 45.5 Å². The van der Waals surface area contributed by atoms with Crippen molar-refractivity contribution in [2.75, 3.05) is 56.4 Å². The molecule has 1 aliphatic carbocycles. The summed E-state index contributed by atoms with van der Waals surface area (Å²) in [6.07, 6.45) is 9.81. The normalized spacial score (nSPS) is 24.3. The Bertz CT molecular complexity index is 1710. The third-order valence-corrected chi connectivity index (χ3v) is 9.24. The number of methoxy groups -OCH3 is 1. The number of ether oxygens (including phenoxy) is 4. The second-order valence-corrected chi connectivity index (χ2v) is 12.1. The molecule has 3 atom stereocenters. The molecular weight excluding hydrogens is 629 g/mol. The summed E-state index contributed by atoms with van der Waals surface area (Å²) in [5.74, 6) is -0.266. The van der Waals surface area contributed by atoms with Crippen LogP contribution < -0.4 is 20.1 Å². The van der Waals surface area contributed by atoms with E-state index in [4.69, 9.17) is 18.9 Å². The lowest BCUT2D eigenvalue weighted by atomic mass is 9.90. The van der Waals surface area contributed by atoms with E-state index in [-0.39, 0.29) is 35.0 Å². The van der Waals surface area contributed by atoms with E-state index >= 15 is 0 Å². The van der Waals surface area contributed by atoms with Gasteiger partial charge in [-0.1, -0.05) is 30.4 Å². The Morgan fingerprint density at radius 1 is 1.19 bits per heavy atom. The number of alkyl halides is 3. The molecule has 0 amide bonds. The third kappa shape index (κ3) is 6.26. The fraction of sp³-hybridized carbons (Fsp3) is 0.471. The minimum Gasteiger partial charge on any atom is -0.481 e. The van der Waals surface area contributed by atoms with Crippen LogP contribution in [0.2, 0.25) is 0 Å². The number of H-pyrrole nitrogens is 1. The van der Waals surface area contributed by atoms with Gasteiger partial charge < -0.3 is 33.7 Å². The summed E-state index contributed by atoms with van der Waals surface area (Å²) in [6, 6.07) is 1.91. The maximum Gasteiger partial charge on any atom is 0.451 e. The van der Waals surface area contributed by atoms with Crippen LogP contribution in [-0.2, 0) is 20.4 Å². The number of hydrogen-bond acceptors (Lipinski definition) is 10. The van der Waals surface area contributed by atoms with E-state index in [1.54, 1.807) is 13.3 Å². The zero-order chi connectivity index (χ0) is 34.1. The van der Waals surface area contributed by atoms with E-state index in [0.29, 0.717) is 62.5 Å². The molecule has 11 nitrogen and oxygen atoms in total. The van der Waals surface area contributed by atoms with Crippen molar-refractivity contribution in [3.8, 4) is 5.75 Å². The second kappa shape index (κ2) is 13.6. The highest BCUT2D eigenvalue weighted by Crippen LogP contribution is 2.46. The molecule has 7 rings (SSSR count). The van der Waals surface area contributed by atoms with Crippen molar-refractivity contribution in [2.45, 2.75) is 56.5 Å². The molecule has 3 fully saturated rings. The molecule has 6 heterocycles. The van der Waals surface area contributed by atoms with Crippen LogP contribution in [0.5, 0.6) is 5.75 Å². The number of hydrogen-bond donors (Lipinski definition) is 1. The van der Waals surface area contributed by atoms with Gasteiger partial charge in [0.1, 0.15) is 17.4 Å². The number of aromatic amines is 1. The summed E-state index contributed by atoms with van der Waals surface area (Å²) in [4.78, 5) is 30.8. The number of rotatable bonds is 6. The van der Waals surface area contributed by atoms with Crippen molar-refractivity contribution in [1.29, 1.82) is 0 Å². The Morgan fingerprint density at radius 3 is 2.58 bits per heavy atom. The number of nitrogens with zero attached hydrogens (tertiary/aromatic N) is 5. The van der Waals surface area contributed by atoms with E-state index in [2.05, 4.69) is 38.5 Å². The Balaban J connectivity index is 0.000000169. The molecule has 4 aliphatic heterocycles. The predicted molar refractivity (Wildman–Crippen MR) is 176 cm³/mol. The standard InChI is InChI=1S/C19H25N3O4.C15H14F3N3O/c1-5-6-15(18(20-3)24-4)14-9-16(17(23)21-10-14)22-7-8-26-19(13(22)2)11-25-12-19;16-15(17,18)14-19-11-9-5-1-2-6-10(9)22-12(11)13(20-14)21-7-3-4-8-21/h5-6,9-10,13H,3,7-8,11-12H2,1-2,4H3,(H,21,23);1-2,5-6,9-10H,3-4,7-8H2/b6-5-,18-15-;. The number of nitrogens with one attached hydrogen (secondary N) is 1. The lowest BCUT2D eigenvalue weighted by Crippen LogP contribution is -2.68. The first-order chi connectivity index (χ1) is 23.1. The lowest BCUT2D eigenvalue weighted by Gasteiger charge is -2.53. The van der Waals surface area contributed by atoms with Gasteiger partial charge in [-0.15, -0.1) is 0 Å². The molecule has 0 bridgehead atoms. The Hall–Kier alpha value is -4.43. The molecule has 0 aromatic carbocycles. The van der Waals surface area contributed by atoms with E-state index in [1.165, 1.54) is 0 Å². The predicted octanol–water partition coefficient (Wildman–Crippen LogP) is 5.03. The number of pyridine rings is 1. The molecule has 48 heavy (non-hydrogen) atoms. The van der Waals surface area contributed by atoms with Crippen LogP contribution in [-0.4, -0.2) is 86.0 Å². The molecule has 1 N–H and O–H groups in total. The van der Waals surface area contributed by atoms with Gasteiger partial charge in [-0.3, -0.25) is 4.79 Å². The van der Waals surface area contributed by atoms with Gasteiger partial charge in [0, 0.05) is 37.0 Å². The van der Waals surface area contributed by atoms with Gasteiger partial charge in [-0.2, -0.15) is 13.2 Å². The first kappa shape index (κ1) is 33.5. The monoisotopic (exact) mass is 668 g/mol. The summed E-state index contributed by atoms with van der Waals surface area (Å²) >= 11 is 0. The number of halogens is 3. The summed E-state index contributed by atoms with van der Waals surface area (Å²) in [5.41, 5.74) is 2.04. The first-order valence-electron chi connectivity index (χ1n) is 15.9. The number of aromatic nitrogens is 3. The van der Waals surface area contributed by atoms with Gasteiger partial charge >= 0.3 is 6.18 Å². The summed E-state index contributed by atoms with van der Waals surface area (Å²) in [5, 5.41) is 0. The highest BCUT2D eigenvalue weighted by molar-refractivity contribution is 5.77. The molecule has 3 saturated heterocycles. The average molecular weight is 669 g/mol. The van der Waals surface area contributed by atoms with E-state index in [9.17, 15) is 18.0 Å². The van der Waals surface area contributed by atoms with Crippen LogP contribution >= 0.6 is 0 Å². The molecule has 256 valence electrons. The van der Waals surface area contributed by atoms with Crippen molar-refractivity contribution in [3.05, 3.63) is 82.0 Å². The van der Waals surface area contributed by atoms with Gasteiger partial charge in [0.2, 0.25) is 11.7 Å². The SMILES string of the molecule is C=N/C(OC)=C(\C=C/C)c1c[nH]c(=O)c(N2CCOC3(COC3)C2C)c1.FC(F)(F)c1nc2c(c(N3CCCC3)n1)OC1C=CC=CC21. The van der Waals surface area contributed by atoms with E-state index in [0.717, 1.165) is 24.0 Å². The van der Waals surface area contributed by atoms with Crippen molar-refractivity contribution < 1.29 is 32.1 Å². The van der Waals surface area contributed by atoms with Crippen molar-refractivity contribution in [2.24, 2.45) is 4.99 Å². The number of anilines is 2. The molecule has 0 radical (unpaired) electrons. The minimum atomic E-state index is -4.56. The molecular formula is C34H39F3N6O5. The minimum absolute atomic E-state index is 0.0370. The molecule has 3 unspecified atom stereocenters. The number of allylic oxidation sites excluding steroid dienone is 5. The summed E-state index contributed by atoms with van der Waals surface area (Å²) in [7, 11) is 1.55. The van der Waals surface area contributed by atoms with Crippen LogP contribution in [0.3, 0.4) is 0 Å². The number of fused-ring (bicyclic) bond motifs is 3. The summed E-state index contributed by atoms with van der Waals surface area (Å²) < 4.78 is 61.9. The maximum atomic E-state index is 13.1. The largest absolute Gasteiger partial charge is 0.481 e. The third-order valence-electron chi connectivity index (χ3n) is 9.24. The lowest BCUT2D eigenvalue weighted by molar-refractivity contribution is -0.228. The Labute approximate surface area is 276 Å². The first-order valence-corrected chi connectivity index (χ1v) is 15.9. The fourth-order valence-electron chi connectivity index (χ4n) is 6.61. The van der Waals surface area contributed by atoms with Gasteiger partial charge in [0.05, 0.1) is 44.6 Å². The molecule has 14 heteroatoms. The molecule has 2 aromatic heterocycles. The number of aliphatic imine (C=N–C) groups is 1. The summed E-state index contributed by atoms with van der Waals surface area (Å²) in [6.45, 7) is 11.3. The topological polar surface area (TPSA) is 114 Å². The van der Waals surface area contributed by atoms with Crippen molar-refractivity contribution in [1.82, 2.24) is 15.0 Å². The second-order valence-electron chi connectivity index (χ2n) is 12.1. The highest BCUT2D eigenvalue weighted by Gasteiger charge is 2.50. The van der Waals surface area contributed by atoms with Crippen LogP contribution in [0.1, 0.15) is 49.7 Å². The fourth-order valence-corrected chi connectivity index (χ4v) is 6.61. The Kier molecular flexibility index (Phi) is 9.48. The van der Waals surface area contributed by atoms with Gasteiger partial charge in [-0.25, -0.2) is 15.0 Å². The van der Waals surface area contributed by atoms with Gasteiger partial charge in [0.15, 0.2) is 11.6 Å². The van der Waals surface area contributed by atoms with Crippen LogP contribution in [0.15, 0.2) is 64.4 Å². The molecule has 0 saturated carbocycles. The van der Waals surface area contributed by atoms with Crippen LogP contribution in [0.25, 0.3) is 5.57 Å². The molecule has 1 spiro atoms. The number of morpholine rings is 1. The zero-order valence-electron chi connectivity index (χ0n) is 27.1.